The number of aromatic nitrogens is 2. The molecule has 0 radical (unpaired) electrons. The van der Waals surface area contributed by atoms with Gasteiger partial charge in [0, 0.05) is 39.8 Å². The summed E-state index contributed by atoms with van der Waals surface area (Å²) < 4.78 is 5.94. The Balaban J connectivity index is 1.30. The summed E-state index contributed by atoms with van der Waals surface area (Å²) in [5.41, 5.74) is 4.37. The van der Waals surface area contributed by atoms with Gasteiger partial charge in [0.15, 0.2) is 5.82 Å². The fraction of sp³-hybridized carbons (Fsp3) is 0.406. The number of para-hydroxylation sites is 1. The number of rotatable bonds is 10. The summed E-state index contributed by atoms with van der Waals surface area (Å²) in [6.07, 6.45) is 10.3. The van der Waals surface area contributed by atoms with Crippen molar-refractivity contribution in [3.63, 3.8) is 0 Å². The number of aliphatic hydroxyl groups excluding tert-OH is 1. The van der Waals surface area contributed by atoms with Crippen molar-refractivity contribution in [3.05, 3.63) is 76.6 Å². The molecule has 0 saturated carbocycles. The first-order valence-corrected chi connectivity index (χ1v) is 15.2. The molecule has 0 bridgehead atoms. The number of ether oxygens (including phenoxy) is 1. The van der Waals surface area contributed by atoms with E-state index in [1.54, 1.807) is 32.4 Å². The van der Waals surface area contributed by atoms with E-state index in [-0.39, 0.29) is 12.5 Å². The van der Waals surface area contributed by atoms with Gasteiger partial charge in [0.25, 0.3) is 5.91 Å². The van der Waals surface area contributed by atoms with Crippen LogP contribution in [0.1, 0.15) is 34.3 Å². The summed E-state index contributed by atoms with van der Waals surface area (Å²) in [4.78, 5) is 26.0. The lowest BCUT2D eigenvalue weighted by atomic mass is 9.96. The van der Waals surface area contributed by atoms with Crippen LogP contribution in [0.3, 0.4) is 0 Å². The highest BCUT2D eigenvalue weighted by atomic mass is 35.5. The number of carbonyl (C=O) groups is 1. The van der Waals surface area contributed by atoms with E-state index < -0.39 is 0 Å². The summed E-state index contributed by atoms with van der Waals surface area (Å²) in [6, 6.07) is 11.4. The second-order valence-electron chi connectivity index (χ2n) is 10.8. The quantitative estimate of drug-likeness (QED) is 0.246. The maximum Gasteiger partial charge on any atom is 0.253 e. The molecule has 2 aliphatic rings. The molecule has 1 unspecified atom stereocenters. The molecule has 4 N–H and O–H groups in total. The Morgan fingerprint density at radius 3 is 2.72 bits per heavy atom. The van der Waals surface area contributed by atoms with Gasteiger partial charge in [0.05, 0.1) is 36.9 Å². The predicted molar refractivity (Wildman–Crippen MR) is 171 cm³/mol. The van der Waals surface area contributed by atoms with Crippen molar-refractivity contribution < 1.29 is 14.6 Å². The standard InChI is InChI=1S/C32H40ClN7O3/c1-34-31(42)25-7-3-4-9-27(25)36-30-26(33)21-35-32(38-30)37-28-11-10-23-20-22(6-5-8-24(23)29(28)43-2)12-13-39-14-16-40(17-15-39)18-19-41/h3-4,7,9-13,21-22,41H,5-6,8,14-20H2,1-2H3,(H,34,42)(H2,35,36,37,38). The molecule has 0 spiro atoms. The number of piperazine rings is 1. The molecule has 1 fully saturated rings. The van der Waals surface area contributed by atoms with Crippen LogP contribution in [0.2, 0.25) is 5.02 Å². The Morgan fingerprint density at radius 2 is 1.95 bits per heavy atom. The fourth-order valence-corrected chi connectivity index (χ4v) is 5.90. The molecule has 2 aromatic carbocycles. The summed E-state index contributed by atoms with van der Waals surface area (Å²) in [5.74, 6) is 1.80. The zero-order chi connectivity index (χ0) is 30.2. The van der Waals surface area contributed by atoms with Crippen LogP contribution in [0.4, 0.5) is 23.1 Å². The van der Waals surface area contributed by atoms with Gasteiger partial charge in [0.1, 0.15) is 10.8 Å². The Morgan fingerprint density at radius 1 is 1.14 bits per heavy atom. The molecule has 3 aromatic rings. The number of aliphatic hydroxyl groups is 1. The minimum absolute atomic E-state index is 0.212. The number of benzene rings is 2. The molecule has 11 heteroatoms. The highest BCUT2D eigenvalue weighted by Crippen LogP contribution is 2.38. The van der Waals surface area contributed by atoms with E-state index in [1.807, 2.05) is 12.1 Å². The molecule has 1 atom stereocenters. The number of anilines is 4. The normalized spacial score (nSPS) is 17.3. The highest BCUT2D eigenvalue weighted by molar-refractivity contribution is 6.33. The van der Waals surface area contributed by atoms with Crippen LogP contribution in [0, 0.1) is 5.92 Å². The topological polar surface area (TPSA) is 115 Å². The number of fused-ring (bicyclic) bond motifs is 1. The largest absolute Gasteiger partial charge is 0.494 e. The van der Waals surface area contributed by atoms with Gasteiger partial charge in [0.2, 0.25) is 5.95 Å². The van der Waals surface area contributed by atoms with Crippen molar-refractivity contribution in [1.29, 1.82) is 0 Å². The molecule has 228 valence electrons. The maximum absolute atomic E-state index is 12.3. The maximum atomic E-state index is 12.3. The molecule has 2 heterocycles. The first-order valence-electron chi connectivity index (χ1n) is 14.8. The molecule has 43 heavy (non-hydrogen) atoms. The van der Waals surface area contributed by atoms with Gasteiger partial charge in [-0.15, -0.1) is 0 Å². The van der Waals surface area contributed by atoms with Gasteiger partial charge in [-0.05, 0) is 67.1 Å². The summed E-state index contributed by atoms with van der Waals surface area (Å²) in [7, 11) is 3.29. The third-order valence-corrected chi connectivity index (χ3v) is 8.36. The zero-order valence-corrected chi connectivity index (χ0v) is 25.5. The molecular formula is C32H40ClN7O3. The first kappa shape index (κ1) is 30.6. The number of β-amino-alcohol motifs (C(OH)–C–C–N with tert-alkyl or cyclic N) is 1. The first-order chi connectivity index (χ1) is 21.0. The Kier molecular flexibility index (Phi) is 10.3. The van der Waals surface area contributed by atoms with Crippen LogP contribution in [-0.2, 0) is 12.8 Å². The highest BCUT2D eigenvalue weighted by Gasteiger charge is 2.22. The van der Waals surface area contributed by atoms with Gasteiger partial charge in [-0.3, -0.25) is 9.69 Å². The minimum Gasteiger partial charge on any atom is -0.494 e. The second-order valence-corrected chi connectivity index (χ2v) is 11.3. The molecule has 1 aliphatic carbocycles. The number of hydrogen-bond donors (Lipinski definition) is 4. The van der Waals surface area contributed by atoms with E-state index in [0.29, 0.717) is 34.0 Å². The molecular weight excluding hydrogens is 566 g/mol. The van der Waals surface area contributed by atoms with E-state index in [4.69, 9.17) is 16.3 Å². The summed E-state index contributed by atoms with van der Waals surface area (Å²) in [6.45, 7) is 4.94. The van der Waals surface area contributed by atoms with Crippen LogP contribution in [-0.4, -0.2) is 84.3 Å². The Bertz CT molecular complexity index is 1440. The van der Waals surface area contributed by atoms with Crippen LogP contribution in [0.15, 0.2) is 54.9 Å². The van der Waals surface area contributed by atoms with Crippen LogP contribution in [0.25, 0.3) is 0 Å². The van der Waals surface area contributed by atoms with E-state index >= 15 is 0 Å². The molecule has 10 nitrogen and oxygen atoms in total. The fourth-order valence-electron chi connectivity index (χ4n) is 5.76. The number of methoxy groups -OCH3 is 1. The van der Waals surface area contributed by atoms with Gasteiger partial charge in [-0.25, -0.2) is 4.98 Å². The SMILES string of the molecule is CNC(=O)c1ccccc1Nc1nc(Nc2ccc3c(c2OC)CCCC(C=CN2CCN(CCO)CC2)C3)ncc1Cl. The van der Waals surface area contributed by atoms with Gasteiger partial charge < -0.3 is 30.7 Å². The number of hydrogen-bond acceptors (Lipinski definition) is 9. The van der Waals surface area contributed by atoms with Crippen molar-refractivity contribution in [3.8, 4) is 5.75 Å². The average Bonchev–Trinajstić information content (AvgIpc) is 3.24. The lowest BCUT2D eigenvalue weighted by Gasteiger charge is -2.33. The molecule has 1 aliphatic heterocycles. The lowest BCUT2D eigenvalue weighted by molar-refractivity contribution is 0.0964. The number of carbonyl (C=O) groups excluding carboxylic acids is 1. The lowest BCUT2D eigenvalue weighted by Crippen LogP contribution is -2.45. The molecule has 1 saturated heterocycles. The third-order valence-electron chi connectivity index (χ3n) is 8.08. The smallest absolute Gasteiger partial charge is 0.253 e. The Hall–Kier alpha value is -3.86. The van der Waals surface area contributed by atoms with Crippen molar-refractivity contribution in [2.45, 2.75) is 25.7 Å². The summed E-state index contributed by atoms with van der Waals surface area (Å²) >= 11 is 6.43. The van der Waals surface area contributed by atoms with Crippen LogP contribution >= 0.6 is 11.6 Å². The predicted octanol–water partition coefficient (Wildman–Crippen LogP) is 4.60. The zero-order valence-electron chi connectivity index (χ0n) is 24.8. The van der Waals surface area contributed by atoms with Crippen LogP contribution in [0.5, 0.6) is 5.75 Å². The van der Waals surface area contributed by atoms with Crippen molar-refractivity contribution in [2.24, 2.45) is 5.92 Å². The van der Waals surface area contributed by atoms with E-state index in [0.717, 1.165) is 69.8 Å². The Labute approximate surface area is 258 Å². The monoisotopic (exact) mass is 605 g/mol. The van der Waals surface area contributed by atoms with Crippen molar-refractivity contribution in [1.82, 2.24) is 25.1 Å². The molecule has 1 aromatic heterocycles. The van der Waals surface area contributed by atoms with Gasteiger partial charge in [-0.2, -0.15) is 4.98 Å². The molecule has 1 amide bonds. The van der Waals surface area contributed by atoms with Crippen molar-refractivity contribution >= 4 is 40.6 Å². The van der Waals surface area contributed by atoms with Crippen LogP contribution < -0.4 is 20.7 Å². The molecule has 5 rings (SSSR count). The third kappa shape index (κ3) is 7.57. The van der Waals surface area contributed by atoms with Gasteiger partial charge >= 0.3 is 0 Å². The average molecular weight is 606 g/mol. The number of nitrogens with one attached hydrogen (secondary N) is 3. The summed E-state index contributed by atoms with van der Waals surface area (Å²) in [5, 5.41) is 18.7. The van der Waals surface area contributed by atoms with Gasteiger partial charge in [-0.1, -0.05) is 35.9 Å². The van der Waals surface area contributed by atoms with E-state index in [2.05, 4.69) is 54.1 Å². The van der Waals surface area contributed by atoms with Crippen molar-refractivity contribution in [2.75, 3.05) is 64.1 Å². The number of halogens is 1. The van der Waals surface area contributed by atoms with E-state index in [9.17, 15) is 9.90 Å². The number of amides is 1. The number of allylic oxidation sites excluding steroid dienone is 1. The minimum atomic E-state index is -0.212. The second kappa shape index (κ2) is 14.5. The number of nitrogens with zero attached hydrogens (tertiary/aromatic N) is 4. The van der Waals surface area contributed by atoms with E-state index in [1.165, 1.54) is 17.3 Å².